The highest BCUT2D eigenvalue weighted by atomic mass is 79.9. The van der Waals surface area contributed by atoms with Crippen LogP contribution in [0, 0.1) is 0 Å². The van der Waals surface area contributed by atoms with Crippen LogP contribution in [0.25, 0.3) is 0 Å². The molecule has 0 atom stereocenters. The van der Waals surface area contributed by atoms with E-state index in [0.29, 0.717) is 24.5 Å². The SMILES string of the molecule is CCCCOc1ccc(CNC(=O)c2ccc(Br)cc2)cc1OC. The summed E-state index contributed by atoms with van der Waals surface area (Å²) < 4.78 is 12.0. The van der Waals surface area contributed by atoms with Crippen molar-refractivity contribution in [3.05, 3.63) is 58.1 Å². The lowest BCUT2D eigenvalue weighted by Crippen LogP contribution is -2.22. The fourth-order valence-corrected chi connectivity index (χ4v) is 2.42. The van der Waals surface area contributed by atoms with Gasteiger partial charge in [0.05, 0.1) is 13.7 Å². The minimum absolute atomic E-state index is 0.107. The van der Waals surface area contributed by atoms with Gasteiger partial charge in [-0.25, -0.2) is 0 Å². The number of benzene rings is 2. The van der Waals surface area contributed by atoms with Gasteiger partial charge >= 0.3 is 0 Å². The second-order valence-electron chi connectivity index (χ2n) is 5.38. The van der Waals surface area contributed by atoms with Gasteiger partial charge in [0.1, 0.15) is 0 Å². The van der Waals surface area contributed by atoms with Gasteiger partial charge in [-0.15, -0.1) is 0 Å². The van der Waals surface area contributed by atoms with Crippen LogP contribution in [-0.2, 0) is 6.54 Å². The standard InChI is InChI=1S/C19H22BrNO3/c1-3-4-11-24-17-10-5-14(12-18(17)23-2)13-21-19(22)15-6-8-16(20)9-7-15/h5-10,12H,3-4,11,13H2,1-2H3,(H,21,22). The van der Waals surface area contributed by atoms with Gasteiger partial charge in [-0.3, -0.25) is 4.79 Å². The smallest absolute Gasteiger partial charge is 0.251 e. The van der Waals surface area contributed by atoms with Crippen LogP contribution in [-0.4, -0.2) is 19.6 Å². The lowest BCUT2D eigenvalue weighted by atomic mass is 10.1. The predicted octanol–water partition coefficient (Wildman–Crippen LogP) is 4.57. The van der Waals surface area contributed by atoms with E-state index in [0.717, 1.165) is 28.6 Å². The molecule has 24 heavy (non-hydrogen) atoms. The summed E-state index contributed by atoms with van der Waals surface area (Å²) in [6.07, 6.45) is 2.09. The Morgan fingerprint density at radius 2 is 1.88 bits per heavy atom. The summed E-state index contributed by atoms with van der Waals surface area (Å²) in [5.74, 6) is 1.31. The molecule has 1 amide bonds. The molecule has 0 aromatic heterocycles. The van der Waals surface area contributed by atoms with Gasteiger partial charge in [-0.2, -0.15) is 0 Å². The van der Waals surface area contributed by atoms with Crippen molar-refractivity contribution in [3.8, 4) is 11.5 Å². The monoisotopic (exact) mass is 391 g/mol. The maximum Gasteiger partial charge on any atom is 0.251 e. The molecule has 0 aliphatic heterocycles. The largest absolute Gasteiger partial charge is 0.493 e. The molecule has 5 heteroatoms. The van der Waals surface area contributed by atoms with Crippen LogP contribution in [0.3, 0.4) is 0 Å². The summed E-state index contributed by atoms with van der Waals surface area (Å²) >= 11 is 3.36. The van der Waals surface area contributed by atoms with E-state index in [9.17, 15) is 4.79 Å². The number of amides is 1. The molecule has 1 N–H and O–H groups in total. The Bertz CT molecular complexity index is 671. The number of methoxy groups -OCH3 is 1. The lowest BCUT2D eigenvalue weighted by molar-refractivity contribution is 0.0951. The van der Waals surface area contributed by atoms with Gasteiger partial charge in [0.25, 0.3) is 5.91 Å². The van der Waals surface area contributed by atoms with Crippen LogP contribution in [0.15, 0.2) is 46.9 Å². The van der Waals surface area contributed by atoms with E-state index in [4.69, 9.17) is 9.47 Å². The minimum atomic E-state index is -0.107. The summed E-state index contributed by atoms with van der Waals surface area (Å²) in [5.41, 5.74) is 1.59. The molecule has 0 aliphatic carbocycles. The van der Waals surface area contributed by atoms with Crippen molar-refractivity contribution < 1.29 is 14.3 Å². The van der Waals surface area contributed by atoms with Gasteiger partial charge in [0.2, 0.25) is 0 Å². The average molecular weight is 392 g/mol. The van der Waals surface area contributed by atoms with E-state index in [-0.39, 0.29) is 5.91 Å². The number of rotatable bonds is 8. The van der Waals surface area contributed by atoms with Crippen molar-refractivity contribution in [1.29, 1.82) is 0 Å². The molecule has 2 rings (SSSR count). The number of nitrogens with one attached hydrogen (secondary N) is 1. The number of carbonyl (C=O) groups excluding carboxylic acids is 1. The first kappa shape index (κ1) is 18.3. The normalized spacial score (nSPS) is 10.3. The van der Waals surface area contributed by atoms with Crippen LogP contribution in [0.5, 0.6) is 11.5 Å². The molecule has 0 heterocycles. The van der Waals surface area contributed by atoms with Crippen molar-refractivity contribution in [2.75, 3.05) is 13.7 Å². The predicted molar refractivity (Wildman–Crippen MR) is 98.7 cm³/mol. The number of ether oxygens (including phenoxy) is 2. The molecule has 0 spiro atoms. The quantitative estimate of drug-likeness (QED) is 0.670. The Labute approximate surface area is 151 Å². The van der Waals surface area contributed by atoms with Gasteiger partial charge < -0.3 is 14.8 Å². The molecule has 0 fully saturated rings. The third-order valence-electron chi connectivity index (χ3n) is 3.54. The summed E-state index contributed by atoms with van der Waals surface area (Å²) in [6, 6.07) is 13.0. The first-order chi connectivity index (χ1) is 11.6. The molecule has 128 valence electrons. The third-order valence-corrected chi connectivity index (χ3v) is 4.07. The highest BCUT2D eigenvalue weighted by Crippen LogP contribution is 2.28. The van der Waals surface area contributed by atoms with Crippen molar-refractivity contribution in [1.82, 2.24) is 5.32 Å². The van der Waals surface area contributed by atoms with E-state index < -0.39 is 0 Å². The van der Waals surface area contributed by atoms with E-state index in [2.05, 4.69) is 28.2 Å². The molecule has 2 aromatic carbocycles. The number of hydrogen-bond donors (Lipinski definition) is 1. The summed E-state index contributed by atoms with van der Waals surface area (Å²) in [5, 5.41) is 2.91. The number of unbranched alkanes of at least 4 members (excludes halogenated alkanes) is 1. The molecular formula is C19H22BrNO3. The molecule has 0 unspecified atom stereocenters. The van der Waals surface area contributed by atoms with Crippen LogP contribution in [0.4, 0.5) is 0 Å². The van der Waals surface area contributed by atoms with Crippen molar-refractivity contribution in [2.24, 2.45) is 0 Å². The molecule has 0 saturated carbocycles. The third kappa shape index (κ3) is 5.27. The average Bonchev–Trinajstić information content (AvgIpc) is 2.61. The second kappa shape index (κ2) is 9.33. The van der Waals surface area contributed by atoms with E-state index in [1.165, 1.54) is 0 Å². The van der Waals surface area contributed by atoms with Gasteiger partial charge in [-0.1, -0.05) is 35.3 Å². The summed E-state index contributed by atoms with van der Waals surface area (Å²) in [4.78, 5) is 12.1. The second-order valence-corrected chi connectivity index (χ2v) is 6.29. The fourth-order valence-electron chi connectivity index (χ4n) is 2.15. The van der Waals surface area contributed by atoms with Crippen LogP contribution in [0.1, 0.15) is 35.7 Å². The van der Waals surface area contributed by atoms with Crippen molar-refractivity contribution in [2.45, 2.75) is 26.3 Å². The molecule has 4 nitrogen and oxygen atoms in total. The Kier molecular flexibility index (Phi) is 7.12. The van der Waals surface area contributed by atoms with Crippen LogP contribution in [0.2, 0.25) is 0 Å². The summed E-state index contributed by atoms with van der Waals surface area (Å²) in [7, 11) is 1.62. The minimum Gasteiger partial charge on any atom is -0.493 e. The molecule has 0 aliphatic rings. The van der Waals surface area contributed by atoms with E-state index >= 15 is 0 Å². The van der Waals surface area contributed by atoms with E-state index in [1.807, 2.05) is 30.3 Å². The Morgan fingerprint density at radius 1 is 1.12 bits per heavy atom. The Balaban J connectivity index is 1.96. The number of carbonyl (C=O) groups is 1. The molecular weight excluding hydrogens is 370 g/mol. The molecule has 2 aromatic rings. The topological polar surface area (TPSA) is 47.6 Å². The van der Waals surface area contributed by atoms with Gasteiger partial charge in [0, 0.05) is 16.6 Å². The lowest BCUT2D eigenvalue weighted by Gasteiger charge is -2.12. The van der Waals surface area contributed by atoms with E-state index in [1.54, 1.807) is 19.2 Å². The number of hydrogen-bond acceptors (Lipinski definition) is 3. The molecule has 0 radical (unpaired) electrons. The maximum atomic E-state index is 12.1. The highest BCUT2D eigenvalue weighted by Gasteiger charge is 2.08. The van der Waals surface area contributed by atoms with Crippen molar-refractivity contribution in [3.63, 3.8) is 0 Å². The zero-order valence-corrected chi connectivity index (χ0v) is 15.6. The van der Waals surface area contributed by atoms with Crippen LogP contribution < -0.4 is 14.8 Å². The van der Waals surface area contributed by atoms with Gasteiger partial charge in [0.15, 0.2) is 11.5 Å². The first-order valence-corrected chi connectivity index (χ1v) is 8.76. The van der Waals surface area contributed by atoms with Crippen molar-refractivity contribution >= 4 is 21.8 Å². The highest BCUT2D eigenvalue weighted by molar-refractivity contribution is 9.10. The zero-order valence-electron chi connectivity index (χ0n) is 14.0. The Hall–Kier alpha value is -2.01. The van der Waals surface area contributed by atoms with Gasteiger partial charge in [-0.05, 0) is 48.4 Å². The molecule has 0 saturated heterocycles. The fraction of sp³-hybridized carbons (Fsp3) is 0.316. The summed E-state index contributed by atoms with van der Waals surface area (Å²) in [6.45, 7) is 3.23. The Morgan fingerprint density at radius 3 is 2.54 bits per heavy atom. The first-order valence-electron chi connectivity index (χ1n) is 7.97. The zero-order chi connectivity index (χ0) is 17.4. The van der Waals surface area contributed by atoms with Crippen LogP contribution >= 0.6 is 15.9 Å². The number of halogens is 1. The molecule has 0 bridgehead atoms. The maximum absolute atomic E-state index is 12.1.